The van der Waals surface area contributed by atoms with Gasteiger partial charge in [0.1, 0.15) is 28.5 Å². The first-order chi connectivity index (χ1) is 15.1. The van der Waals surface area contributed by atoms with Gasteiger partial charge in [-0.15, -0.1) is 13.2 Å². The van der Waals surface area contributed by atoms with Crippen molar-refractivity contribution in [1.29, 1.82) is 0 Å². The van der Waals surface area contributed by atoms with E-state index in [4.69, 9.17) is 9.15 Å². The number of carbonyl (C=O) groups is 1. The lowest BCUT2D eigenvalue weighted by molar-refractivity contribution is -0.274. The summed E-state index contributed by atoms with van der Waals surface area (Å²) in [5, 5.41) is 0.0981. The summed E-state index contributed by atoms with van der Waals surface area (Å²) in [6.07, 6.45) is -3.04. The van der Waals surface area contributed by atoms with Crippen LogP contribution in [0.15, 0.2) is 45.7 Å². The third-order valence-electron chi connectivity index (χ3n) is 4.72. The van der Waals surface area contributed by atoms with Crippen LogP contribution >= 0.6 is 0 Å². The molecular weight excluding hydrogens is 454 g/mol. The fourth-order valence-corrected chi connectivity index (χ4v) is 4.09. The summed E-state index contributed by atoms with van der Waals surface area (Å²) in [5.74, 6) is -2.12. The van der Waals surface area contributed by atoms with E-state index in [-0.39, 0.29) is 39.9 Å². The Morgan fingerprint density at radius 2 is 2.00 bits per heavy atom. The van der Waals surface area contributed by atoms with Crippen LogP contribution in [-0.2, 0) is 11.4 Å². The average molecular weight is 471 g/mol. The minimum atomic E-state index is -4.95. The third kappa shape index (κ3) is 4.94. The number of hydrogen-bond donors (Lipinski definition) is 1. The maximum Gasteiger partial charge on any atom is 0.573 e. The van der Waals surface area contributed by atoms with Crippen molar-refractivity contribution in [3.05, 3.63) is 53.5 Å². The molecule has 32 heavy (non-hydrogen) atoms. The van der Waals surface area contributed by atoms with Crippen LogP contribution in [0.4, 0.5) is 17.6 Å². The van der Waals surface area contributed by atoms with Crippen molar-refractivity contribution in [3.63, 3.8) is 0 Å². The van der Waals surface area contributed by atoms with E-state index in [1.807, 2.05) is 0 Å². The number of nitrogens with one attached hydrogen (secondary N) is 1. The topological polar surface area (TPSA) is 83.8 Å². The highest BCUT2D eigenvalue weighted by Gasteiger charge is 2.33. The molecule has 1 atom stereocenters. The summed E-state index contributed by atoms with van der Waals surface area (Å²) in [6, 6.07) is 7.25. The van der Waals surface area contributed by atoms with Crippen molar-refractivity contribution < 1.29 is 40.8 Å². The van der Waals surface area contributed by atoms with Crippen LogP contribution in [0.25, 0.3) is 11.0 Å². The number of ether oxygens (including phenoxy) is 2. The molecule has 1 unspecified atom stereocenters. The Labute approximate surface area is 182 Å². The number of hydrogen-bond acceptors (Lipinski definition) is 5. The van der Waals surface area contributed by atoms with E-state index in [2.05, 4.69) is 9.46 Å². The second-order valence-corrected chi connectivity index (χ2v) is 8.27. The Bertz CT molecular complexity index is 1160. The van der Waals surface area contributed by atoms with Gasteiger partial charge >= 0.3 is 12.3 Å². The van der Waals surface area contributed by atoms with E-state index in [9.17, 15) is 26.9 Å². The van der Waals surface area contributed by atoms with Crippen LogP contribution in [-0.4, -0.2) is 23.4 Å². The lowest BCUT2D eigenvalue weighted by atomic mass is 10.1. The van der Waals surface area contributed by atoms with Crippen LogP contribution < -0.4 is 14.2 Å². The van der Waals surface area contributed by atoms with Gasteiger partial charge in [-0.2, -0.15) is 4.72 Å². The molecule has 0 aliphatic heterocycles. The zero-order chi connectivity index (χ0) is 23.0. The third-order valence-corrected chi connectivity index (χ3v) is 5.80. The predicted octanol–water partition coefficient (Wildman–Crippen LogP) is 5.20. The number of benzene rings is 2. The number of carbonyl (C=O) groups excluding carboxylic acids is 1. The van der Waals surface area contributed by atoms with Crippen LogP contribution in [0.1, 0.15) is 41.8 Å². The quantitative estimate of drug-likeness (QED) is 0.378. The lowest BCUT2D eigenvalue weighted by Gasteiger charge is -2.15. The molecule has 1 heterocycles. The van der Waals surface area contributed by atoms with E-state index in [0.717, 1.165) is 36.6 Å². The van der Waals surface area contributed by atoms with Gasteiger partial charge in [0.05, 0.1) is 12.0 Å². The van der Waals surface area contributed by atoms with Gasteiger partial charge in [0.15, 0.2) is 11.5 Å². The highest BCUT2D eigenvalue weighted by atomic mass is 32.2. The van der Waals surface area contributed by atoms with E-state index >= 15 is 0 Å². The molecule has 2 aromatic carbocycles. The highest BCUT2D eigenvalue weighted by Crippen LogP contribution is 2.42. The summed E-state index contributed by atoms with van der Waals surface area (Å²) >= 11 is -2.32. The maximum atomic E-state index is 14.4. The van der Waals surface area contributed by atoms with E-state index < -0.39 is 35.2 Å². The van der Waals surface area contributed by atoms with Crippen molar-refractivity contribution in [2.75, 3.05) is 6.61 Å². The molecule has 0 saturated heterocycles. The number of rotatable bonds is 7. The smallest absolute Gasteiger partial charge is 0.573 e. The molecule has 1 saturated carbocycles. The van der Waals surface area contributed by atoms with Gasteiger partial charge in [-0.25, -0.2) is 4.39 Å². The minimum absolute atomic E-state index is 0.00498. The van der Waals surface area contributed by atoms with Gasteiger partial charge in [0, 0.05) is 12.1 Å². The summed E-state index contributed by atoms with van der Waals surface area (Å²) in [6.45, 7) is 1.77. The Morgan fingerprint density at radius 3 is 2.66 bits per heavy atom. The highest BCUT2D eigenvalue weighted by molar-refractivity contribution is 7.90. The normalized spacial score (nSPS) is 14.9. The Morgan fingerprint density at radius 1 is 1.25 bits per heavy atom. The fraction of sp³-hybridized carbons (Fsp3) is 0.286. The molecule has 3 aromatic rings. The van der Waals surface area contributed by atoms with Crippen molar-refractivity contribution >= 4 is 28.2 Å². The molecule has 1 amide bonds. The van der Waals surface area contributed by atoms with Crippen molar-refractivity contribution in [2.24, 2.45) is 0 Å². The largest absolute Gasteiger partial charge is 0.588 e. The summed E-state index contributed by atoms with van der Waals surface area (Å²) in [7, 11) is 0. The Kier molecular flexibility index (Phi) is 5.95. The number of furan rings is 1. The number of amides is 1. The van der Waals surface area contributed by atoms with Gasteiger partial charge in [-0.05, 0) is 55.5 Å². The standard InChI is InChI=1S/C21H17F4NO5S/c1-2-29-16-6-5-13(31-21(23,24)25)9-19(16)32(28)26-20(27)18-10-14-15(22)7-12(11-3-4-11)8-17(14)30-18/h5-11H,2-4H2,1H3,(H,26,27). The molecule has 1 fully saturated rings. The molecule has 1 aliphatic carbocycles. The Balaban J connectivity index is 1.57. The van der Waals surface area contributed by atoms with Crippen molar-refractivity contribution in [2.45, 2.75) is 36.9 Å². The van der Waals surface area contributed by atoms with E-state index in [0.29, 0.717) is 0 Å². The van der Waals surface area contributed by atoms with Crippen LogP contribution in [0, 0.1) is 5.82 Å². The molecular formula is C21H17F4NO5S. The molecule has 0 radical (unpaired) electrons. The van der Waals surface area contributed by atoms with Crippen molar-refractivity contribution in [3.8, 4) is 11.5 Å². The molecule has 6 nitrogen and oxygen atoms in total. The molecule has 170 valence electrons. The summed E-state index contributed by atoms with van der Waals surface area (Å²) < 4.78 is 81.4. The van der Waals surface area contributed by atoms with Gasteiger partial charge in [0.25, 0.3) is 0 Å². The molecule has 1 aliphatic rings. The minimum Gasteiger partial charge on any atom is -0.588 e. The zero-order valence-electron chi connectivity index (χ0n) is 16.6. The molecule has 11 heteroatoms. The van der Waals surface area contributed by atoms with Gasteiger partial charge in [0.2, 0.25) is 4.90 Å². The zero-order valence-corrected chi connectivity index (χ0v) is 17.4. The monoisotopic (exact) mass is 471 g/mol. The number of fused-ring (bicyclic) bond motifs is 1. The van der Waals surface area contributed by atoms with E-state index in [1.165, 1.54) is 12.1 Å². The average Bonchev–Trinajstić information content (AvgIpc) is 3.46. The van der Waals surface area contributed by atoms with Crippen LogP contribution in [0.2, 0.25) is 0 Å². The van der Waals surface area contributed by atoms with Crippen molar-refractivity contribution in [1.82, 2.24) is 4.72 Å². The summed E-state index contributed by atoms with van der Waals surface area (Å²) in [4.78, 5) is 12.3. The Hall–Kier alpha value is -2.92. The van der Waals surface area contributed by atoms with Crippen LogP contribution in [0.5, 0.6) is 11.5 Å². The van der Waals surface area contributed by atoms with Gasteiger partial charge < -0.3 is 18.4 Å². The molecule has 1 aromatic heterocycles. The molecule has 0 spiro atoms. The molecule has 0 bridgehead atoms. The first kappa shape index (κ1) is 22.3. The second-order valence-electron chi connectivity index (χ2n) is 7.09. The van der Waals surface area contributed by atoms with Gasteiger partial charge in [-0.1, -0.05) is 0 Å². The van der Waals surface area contributed by atoms with Gasteiger partial charge in [-0.3, -0.25) is 4.79 Å². The number of halogens is 4. The molecule has 4 rings (SSSR count). The fourth-order valence-electron chi connectivity index (χ4n) is 3.17. The first-order valence-electron chi connectivity index (χ1n) is 9.63. The first-order valence-corrected chi connectivity index (χ1v) is 10.8. The predicted molar refractivity (Wildman–Crippen MR) is 106 cm³/mol. The second kappa shape index (κ2) is 8.55. The lowest BCUT2D eigenvalue weighted by Crippen LogP contribution is -2.30. The summed E-state index contributed by atoms with van der Waals surface area (Å²) in [5.41, 5.74) is 0.959. The van der Waals surface area contributed by atoms with E-state index in [1.54, 1.807) is 13.0 Å². The molecule has 1 N–H and O–H groups in total. The SMILES string of the molecule is CCOc1ccc(OC(F)(F)F)cc1[S+]([O-])NC(=O)c1cc2c(F)cc(C3CC3)cc2o1. The van der Waals surface area contributed by atoms with Crippen LogP contribution in [0.3, 0.4) is 0 Å². The number of alkyl halides is 3. The maximum absolute atomic E-state index is 14.4.